The number of benzene rings is 1. The standard InChI is InChI=1S/C14H8ClF2N3O/c15-10-5-9(2-3-11(10)17)18-14(21)12-7-20-6-8(16)1-4-13(20)19-12/h1-7H,(H,18,21). The predicted molar refractivity (Wildman–Crippen MR) is 74.5 cm³/mol. The second-order valence-corrected chi connectivity index (χ2v) is 4.73. The van der Waals surface area contributed by atoms with Gasteiger partial charge in [0.05, 0.1) is 5.02 Å². The summed E-state index contributed by atoms with van der Waals surface area (Å²) in [7, 11) is 0. The van der Waals surface area contributed by atoms with Crippen molar-refractivity contribution in [2.45, 2.75) is 0 Å². The molecule has 3 aromatic rings. The Hall–Kier alpha value is -2.47. The summed E-state index contributed by atoms with van der Waals surface area (Å²) < 4.78 is 27.5. The molecule has 3 rings (SSSR count). The van der Waals surface area contributed by atoms with Crippen molar-refractivity contribution in [3.63, 3.8) is 0 Å². The Kier molecular flexibility index (Phi) is 3.31. The molecule has 0 atom stereocenters. The third-order valence-corrected chi connectivity index (χ3v) is 3.11. The Morgan fingerprint density at radius 3 is 2.76 bits per heavy atom. The van der Waals surface area contributed by atoms with E-state index < -0.39 is 17.5 Å². The molecule has 0 aliphatic carbocycles. The van der Waals surface area contributed by atoms with Gasteiger partial charge in [-0.05, 0) is 30.3 Å². The molecule has 1 amide bonds. The molecule has 0 saturated heterocycles. The topological polar surface area (TPSA) is 46.4 Å². The molecule has 21 heavy (non-hydrogen) atoms. The number of amides is 1. The zero-order valence-electron chi connectivity index (χ0n) is 10.5. The van der Waals surface area contributed by atoms with Crippen LogP contribution in [0.1, 0.15) is 10.5 Å². The molecule has 2 heterocycles. The number of pyridine rings is 1. The first-order chi connectivity index (χ1) is 10.0. The van der Waals surface area contributed by atoms with Crippen LogP contribution in [0.3, 0.4) is 0 Å². The molecule has 106 valence electrons. The summed E-state index contributed by atoms with van der Waals surface area (Å²) >= 11 is 5.64. The number of rotatable bonds is 2. The van der Waals surface area contributed by atoms with Crippen LogP contribution in [0.15, 0.2) is 42.7 Å². The van der Waals surface area contributed by atoms with Crippen LogP contribution in [0, 0.1) is 11.6 Å². The van der Waals surface area contributed by atoms with Crippen LogP contribution in [-0.2, 0) is 0 Å². The summed E-state index contributed by atoms with van der Waals surface area (Å²) in [6.45, 7) is 0. The molecule has 2 aromatic heterocycles. The number of imidazole rings is 1. The summed E-state index contributed by atoms with van der Waals surface area (Å²) in [6, 6.07) is 6.54. The summed E-state index contributed by atoms with van der Waals surface area (Å²) in [5.41, 5.74) is 0.898. The van der Waals surface area contributed by atoms with Gasteiger partial charge in [-0.2, -0.15) is 0 Å². The summed E-state index contributed by atoms with van der Waals surface area (Å²) in [5, 5.41) is 2.45. The van der Waals surface area contributed by atoms with Gasteiger partial charge < -0.3 is 9.72 Å². The highest BCUT2D eigenvalue weighted by atomic mass is 35.5. The maximum atomic E-state index is 13.1. The van der Waals surface area contributed by atoms with E-state index >= 15 is 0 Å². The van der Waals surface area contributed by atoms with Gasteiger partial charge in [0.2, 0.25) is 0 Å². The summed E-state index contributed by atoms with van der Waals surface area (Å²) in [4.78, 5) is 16.1. The number of carbonyl (C=O) groups excluding carboxylic acids is 1. The Morgan fingerprint density at radius 1 is 1.19 bits per heavy atom. The maximum absolute atomic E-state index is 13.1. The van der Waals surface area contributed by atoms with Crippen molar-refractivity contribution in [3.8, 4) is 0 Å². The monoisotopic (exact) mass is 307 g/mol. The van der Waals surface area contributed by atoms with Crippen molar-refractivity contribution in [2.75, 3.05) is 5.32 Å². The smallest absolute Gasteiger partial charge is 0.275 e. The molecule has 4 nitrogen and oxygen atoms in total. The van der Waals surface area contributed by atoms with Crippen molar-refractivity contribution < 1.29 is 13.6 Å². The first-order valence-corrected chi connectivity index (χ1v) is 6.31. The minimum Gasteiger partial charge on any atom is -0.321 e. The lowest BCUT2D eigenvalue weighted by atomic mass is 10.3. The van der Waals surface area contributed by atoms with Gasteiger partial charge in [-0.25, -0.2) is 13.8 Å². The quantitative estimate of drug-likeness (QED) is 0.787. The lowest BCUT2D eigenvalue weighted by Gasteiger charge is -2.03. The van der Waals surface area contributed by atoms with Crippen LogP contribution in [-0.4, -0.2) is 15.3 Å². The number of nitrogens with one attached hydrogen (secondary N) is 1. The van der Waals surface area contributed by atoms with E-state index in [1.807, 2.05) is 0 Å². The van der Waals surface area contributed by atoms with Crippen molar-refractivity contribution in [1.82, 2.24) is 9.38 Å². The number of hydrogen-bond acceptors (Lipinski definition) is 2. The fourth-order valence-corrected chi connectivity index (χ4v) is 2.02. The van der Waals surface area contributed by atoms with Crippen LogP contribution in [0.4, 0.5) is 14.5 Å². The number of aromatic nitrogens is 2. The molecule has 1 aromatic carbocycles. The number of nitrogens with zero attached hydrogens (tertiary/aromatic N) is 2. The Bertz CT molecular complexity index is 847. The normalized spacial score (nSPS) is 10.8. The van der Waals surface area contributed by atoms with Gasteiger partial charge in [0.25, 0.3) is 5.91 Å². The van der Waals surface area contributed by atoms with E-state index in [1.54, 1.807) is 0 Å². The van der Waals surface area contributed by atoms with E-state index in [0.717, 1.165) is 6.07 Å². The number of carbonyl (C=O) groups is 1. The van der Waals surface area contributed by atoms with Crippen LogP contribution in [0.2, 0.25) is 5.02 Å². The zero-order valence-corrected chi connectivity index (χ0v) is 11.2. The molecule has 1 N–H and O–H groups in total. The molecular weight excluding hydrogens is 300 g/mol. The fourth-order valence-electron chi connectivity index (χ4n) is 1.84. The van der Waals surface area contributed by atoms with Gasteiger partial charge >= 0.3 is 0 Å². The Labute approximate surface area is 123 Å². The third-order valence-electron chi connectivity index (χ3n) is 2.83. The van der Waals surface area contributed by atoms with Crippen molar-refractivity contribution in [2.24, 2.45) is 0 Å². The zero-order chi connectivity index (χ0) is 15.0. The first-order valence-electron chi connectivity index (χ1n) is 5.93. The average molecular weight is 308 g/mol. The molecule has 0 spiro atoms. The molecule has 0 aliphatic rings. The largest absolute Gasteiger partial charge is 0.321 e. The van der Waals surface area contributed by atoms with Crippen molar-refractivity contribution in [1.29, 1.82) is 0 Å². The van der Waals surface area contributed by atoms with Gasteiger partial charge in [-0.1, -0.05) is 11.6 Å². The minimum absolute atomic E-state index is 0.0927. The van der Waals surface area contributed by atoms with Gasteiger partial charge in [-0.3, -0.25) is 4.79 Å². The lowest BCUT2D eigenvalue weighted by molar-refractivity contribution is 0.102. The van der Waals surface area contributed by atoms with Gasteiger partial charge in [0.1, 0.15) is 23.0 Å². The number of fused-ring (bicyclic) bond motifs is 1. The predicted octanol–water partition coefficient (Wildman–Crippen LogP) is 3.52. The summed E-state index contributed by atoms with van der Waals surface area (Å²) in [5.74, 6) is -1.50. The Morgan fingerprint density at radius 2 is 2.00 bits per heavy atom. The highest BCUT2D eigenvalue weighted by Gasteiger charge is 2.12. The number of anilines is 1. The second-order valence-electron chi connectivity index (χ2n) is 4.32. The SMILES string of the molecule is O=C(Nc1ccc(F)c(Cl)c1)c1cn2cc(F)ccc2n1. The van der Waals surface area contributed by atoms with Gasteiger partial charge in [0.15, 0.2) is 0 Å². The molecule has 0 fully saturated rings. The summed E-state index contributed by atoms with van der Waals surface area (Å²) in [6.07, 6.45) is 2.62. The lowest BCUT2D eigenvalue weighted by Crippen LogP contribution is -2.12. The average Bonchev–Trinajstić information content (AvgIpc) is 2.86. The van der Waals surface area contributed by atoms with E-state index in [9.17, 15) is 13.6 Å². The number of halogens is 3. The van der Waals surface area contributed by atoms with E-state index in [0.29, 0.717) is 11.3 Å². The van der Waals surface area contributed by atoms with E-state index in [4.69, 9.17) is 11.6 Å². The molecule has 0 saturated carbocycles. The molecular formula is C14H8ClF2N3O. The molecule has 0 bridgehead atoms. The Balaban J connectivity index is 1.87. The molecule has 7 heteroatoms. The van der Waals surface area contributed by atoms with Crippen LogP contribution in [0.5, 0.6) is 0 Å². The van der Waals surface area contributed by atoms with Crippen LogP contribution < -0.4 is 5.32 Å². The second kappa shape index (κ2) is 5.14. The molecule has 0 aliphatic heterocycles. The highest BCUT2D eigenvalue weighted by molar-refractivity contribution is 6.31. The molecule has 0 unspecified atom stereocenters. The molecule has 0 radical (unpaired) electrons. The van der Waals surface area contributed by atoms with Crippen LogP contribution >= 0.6 is 11.6 Å². The maximum Gasteiger partial charge on any atom is 0.275 e. The first kappa shape index (κ1) is 13.5. The van der Waals surface area contributed by atoms with E-state index in [1.165, 1.54) is 41.1 Å². The highest BCUT2D eigenvalue weighted by Crippen LogP contribution is 2.20. The number of hydrogen-bond donors (Lipinski definition) is 1. The minimum atomic E-state index is -0.571. The van der Waals surface area contributed by atoms with E-state index in [2.05, 4.69) is 10.3 Å². The van der Waals surface area contributed by atoms with Crippen LogP contribution in [0.25, 0.3) is 5.65 Å². The fraction of sp³-hybridized carbons (Fsp3) is 0. The van der Waals surface area contributed by atoms with Gasteiger partial charge in [0, 0.05) is 18.1 Å². The van der Waals surface area contributed by atoms with E-state index in [-0.39, 0.29) is 10.7 Å². The van der Waals surface area contributed by atoms with Crippen molar-refractivity contribution in [3.05, 3.63) is 65.1 Å². The van der Waals surface area contributed by atoms with Crippen molar-refractivity contribution >= 4 is 28.8 Å². The third kappa shape index (κ3) is 2.71. The van der Waals surface area contributed by atoms with Gasteiger partial charge in [-0.15, -0.1) is 0 Å².